The van der Waals surface area contributed by atoms with Crippen molar-refractivity contribution in [2.75, 3.05) is 0 Å². The first-order valence-corrected chi connectivity index (χ1v) is 12.1. The van der Waals surface area contributed by atoms with Gasteiger partial charge in [0, 0.05) is 29.7 Å². The van der Waals surface area contributed by atoms with Crippen molar-refractivity contribution >= 4 is 28.5 Å². The third-order valence-electron chi connectivity index (χ3n) is 6.05. The number of hydrogen-bond acceptors (Lipinski definition) is 3. The lowest BCUT2D eigenvalue weighted by molar-refractivity contribution is 0.0728. The molecule has 1 amide bonds. The average Bonchev–Trinajstić information content (AvgIpc) is 2.91. The van der Waals surface area contributed by atoms with E-state index < -0.39 is 0 Å². The number of fused-ring (bicyclic) bond motifs is 1. The second-order valence-corrected chi connectivity index (χ2v) is 9.06. The van der Waals surface area contributed by atoms with Crippen LogP contribution in [-0.4, -0.2) is 20.4 Å². The van der Waals surface area contributed by atoms with Crippen LogP contribution in [0, 0.1) is 0 Å². The van der Waals surface area contributed by atoms with Crippen molar-refractivity contribution in [2.45, 2.75) is 19.6 Å². The molecule has 2 heterocycles. The second-order valence-electron chi connectivity index (χ2n) is 8.62. The van der Waals surface area contributed by atoms with Gasteiger partial charge < -0.3 is 4.90 Å². The molecule has 36 heavy (non-hydrogen) atoms. The molecule has 0 aliphatic carbocycles. The summed E-state index contributed by atoms with van der Waals surface area (Å²) < 4.78 is 1.56. The molecule has 0 saturated carbocycles. The molecule has 5 aromatic rings. The Morgan fingerprint density at radius 1 is 0.778 bits per heavy atom. The molecule has 2 aromatic heterocycles. The number of halogens is 1. The van der Waals surface area contributed by atoms with Gasteiger partial charge in [0.05, 0.1) is 6.54 Å². The molecule has 0 bridgehead atoms. The molecule has 0 spiro atoms. The summed E-state index contributed by atoms with van der Waals surface area (Å²) in [5, 5.41) is 1.35. The number of amides is 1. The SMILES string of the molecule is O=C(c1cc2cccnc2n(Cc2ccc(Cl)cc2)c1=O)N(Cc1ccccc1)Cc1ccccc1. The minimum atomic E-state index is -0.368. The summed E-state index contributed by atoms with van der Waals surface area (Å²) in [5.41, 5.74) is 3.16. The molecule has 0 unspecified atom stereocenters. The predicted molar refractivity (Wildman–Crippen MR) is 143 cm³/mol. The molecule has 178 valence electrons. The highest BCUT2D eigenvalue weighted by molar-refractivity contribution is 6.30. The van der Waals surface area contributed by atoms with Gasteiger partial charge >= 0.3 is 0 Å². The number of pyridine rings is 2. The summed E-state index contributed by atoms with van der Waals surface area (Å²) in [5.74, 6) is -0.316. The highest BCUT2D eigenvalue weighted by Gasteiger charge is 2.22. The zero-order valence-corrected chi connectivity index (χ0v) is 20.3. The van der Waals surface area contributed by atoms with E-state index in [1.54, 1.807) is 39.9 Å². The quantitative estimate of drug-likeness (QED) is 0.282. The Hall–Kier alpha value is -4.22. The minimum Gasteiger partial charge on any atom is -0.330 e. The molecule has 6 heteroatoms. The van der Waals surface area contributed by atoms with Crippen molar-refractivity contribution in [1.82, 2.24) is 14.5 Å². The maximum absolute atomic E-state index is 13.9. The molecule has 0 fully saturated rings. The summed E-state index contributed by atoms with van der Waals surface area (Å²) in [7, 11) is 0. The van der Waals surface area contributed by atoms with E-state index in [1.807, 2.05) is 78.9 Å². The lowest BCUT2D eigenvalue weighted by atomic mass is 10.1. The zero-order valence-electron chi connectivity index (χ0n) is 19.5. The van der Waals surface area contributed by atoms with Crippen LogP contribution in [0.1, 0.15) is 27.0 Å². The predicted octanol–water partition coefficient (Wildman–Crippen LogP) is 5.94. The van der Waals surface area contributed by atoms with E-state index in [0.717, 1.165) is 22.1 Å². The van der Waals surface area contributed by atoms with E-state index in [4.69, 9.17) is 11.6 Å². The van der Waals surface area contributed by atoms with E-state index in [0.29, 0.717) is 23.8 Å². The van der Waals surface area contributed by atoms with Gasteiger partial charge in [0.25, 0.3) is 11.5 Å². The van der Waals surface area contributed by atoms with Gasteiger partial charge in [-0.15, -0.1) is 0 Å². The lowest BCUT2D eigenvalue weighted by Crippen LogP contribution is -2.36. The number of aromatic nitrogens is 2. The first kappa shape index (κ1) is 23.5. The largest absolute Gasteiger partial charge is 0.330 e. The molecule has 0 saturated heterocycles. The number of rotatable bonds is 7. The first-order chi connectivity index (χ1) is 17.6. The molecule has 5 rings (SSSR count). The fourth-order valence-electron chi connectivity index (χ4n) is 4.26. The molecular formula is C30H24ClN3O2. The number of hydrogen-bond donors (Lipinski definition) is 0. The molecular weight excluding hydrogens is 470 g/mol. The third-order valence-corrected chi connectivity index (χ3v) is 6.30. The highest BCUT2D eigenvalue weighted by atomic mass is 35.5. The van der Waals surface area contributed by atoms with Crippen LogP contribution in [-0.2, 0) is 19.6 Å². The molecule has 3 aromatic carbocycles. The molecule has 0 atom stereocenters. The normalized spacial score (nSPS) is 10.9. The third kappa shape index (κ3) is 5.21. The fourth-order valence-corrected chi connectivity index (χ4v) is 4.38. The number of carbonyl (C=O) groups is 1. The lowest BCUT2D eigenvalue weighted by Gasteiger charge is -2.24. The molecule has 0 aliphatic rings. The van der Waals surface area contributed by atoms with Gasteiger partial charge in [-0.2, -0.15) is 0 Å². The number of carbonyl (C=O) groups excluding carboxylic acids is 1. The van der Waals surface area contributed by atoms with E-state index in [9.17, 15) is 9.59 Å². The minimum absolute atomic E-state index is 0.122. The number of nitrogens with zero attached hydrogens (tertiary/aromatic N) is 3. The Bertz CT molecular complexity index is 1510. The zero-order chi connectivity index (χ0) is 24.9. The van der Waals surface area contributed by atoms with E-state index in [1.165, 1.54) is 0 Å². The summed E-state index contributed by atoms with van der Waals surface area (Å²) in [4.78, 5) is 33.9. The van der Waals surface area contributed by atoms with Crippen LogP contribution in [0.5, 0.6) is 0 Å². The van der Waals surface area contributed by atoms with Crippen LogP contribution in [0.4, 0.5) is 0 Å². The van der Waals surface area contributed by atoms with E-state index >= 15 is 0 Å². The van der Waals surface area contributed by atoms with Gasteiger partial charge in [0.15, 0.2) is 0 Å². The summed E-state index contributed by atoms with van der Waals surface area (Å²) in [6.45, 7) is 1.05. The van der Waals surface area contributed by atoms with Crippen LogP contribution in [0.2, 0.25) is 5.02 Å². The standard InChI is InChI=1S/C30H24ClN3O2/c31-26-15-13-24(14-16-26)21-34-28-25(12-7-17-32-28)18-27(30(34)36)29(35)33(19-22-8-3-1-4-9-22)20-23-10-5-2-6-11-23/h1-18H,19-21H2. The van der Waals surface area contributed by atoms with Gasteiger partial charge in [0.1, 0.15) is 11.2 Å². The molecule has 0 N–H and O–H groups in total. The maximum Gasteiger partial charge on any atom is 0.265 e. The average molecular weight is 494 g/mol. The molecule has 0 radical (unpaired) electrons. The van der Waals surface area contributed by atoms with Crippen LogP contribution < -0.4 is 5.56 Å². The topological polar surface area (TPSA) is 55.2 Å². The van der Waals surface area contributed by atoms with Crippen LogP contribution in [0.25, 0.3) is 11.0 Å². The summed E-state index contributed by atoms with van der Waals surface area (Å²) in [6.07, 6.45) is 1.65. The summed E-state index contributed by atoms with van der Waals surface area (Å²) >= 11 is 6.04. The monoisotopic (exact) mass is 493 g/mol. The Morgan fingerprint density at radius 2 is 1.39 bits per heavy atom. The maximum atomic E-state index is 13.9. The van der Waals surface area contributed by atoms with Crippen LogP contribution >= 0.6 is 11.6 Å². The van der Waals surface area contributed by atoms with Crippen molar-refractivity contribution in [3.05, 3.63) is 147 Å². The highest BCUT2D eigenvalue weighted by Crippen LogP contribution is 2.18. The van der Waals surface area contributed by atoms with Gasteiger partial charge in [-0.3, -0.25) is 14.2 Å². The van der Waals surface area contributed by atoms with Crippen molar-refractivity contribution in [2.24, 2.45) is 0 Å². The fraction of sp³-hybridized carbons (Fsp3) is 0.100. The molecule has 0 aliphatic heterocycles. The van der Waals surface area contributed by atoms with Gasteiger partial charge in [-0.05, 0) is 47.0 Å². The van der Waals surface area contributed by atoms with Crippen molar-refractivity contribution in [3.8, 4) is 0 Å². The van der Waals surface area contributed by atoms with Gasteiger partial charge in [-0.25, -0.2) is 4.98 Å². The van der Waals surface area contributed by atoms with Crippen molar-refractivity contribution < 1.29 is 4.79 Å². The van der Waals surface area contributed by atoms with E-state index in [-0.39, 0.29) is 23.6 Å². The van der Waals surface area contributed by atoms with Crippen molar-refractivity contribution in [3.63, 3.8) is 0 Å². The van der Waals surface area contributed by atoms with Crippen LogP contribution in [0.3, 0.4) is 0 Å². The van der Waals surface area contributed by atoms with Gasteiger partial charge in [-0.1, -0.05) is 84.4 Å². The Morgan fingerprint density at radius 3 is 2.00 bits per heavy atom. The van der Waals surface area contributed by atoms with Crippen LogP contribution in [0.15, 0.2) is 114 Å². The van der Waals surface area contributed by atoms with Gasteiger partial charge in [0.2, 0.25) is 0 Å². The summed E-state index contributed by atoms with van der Waals surface area (Å²) in [6, 6.07) is 32.2. The van der Waals surface area contributed by atoms with Crippen molar-refractivity contribution in [1.29, 1.82) is 0 Å². The smallest absolute Gasteiger partial charge is 0.265 e. The second kappa shape index (κ2) is 10.6. The Labute approximate surface area is 214 Å². The molecule has 5 nitrogen and oxygen atoms in total. The Balaban J connectivity index is 1.58. The first-order valence-electron chi connectivity index (χ1n) is 11.7. The Kier molecular flexibility index (Phi) is 6.92. The van der Waals surface area contributed by atoms with E-state index in [2.05, 4.69) is 4.98 Å². The number of benzene rings is 3.